The van der Waals surface area contributed by atoms with Crippen LogP contribution in [0.2, 0.25) is 0 Å². The van der Waals surface area contributed by atoms with Crippen LogP contribution in [-0.4, -0.2) is 59.3 Å². The summed E-state index contributed by atoms with van der Waals surface area (Å²) >= 11 is 3.08. The zero-order valence-electron chi connectivity index (χ0n) is 18.3. The lowest BCUT2D eigenvalue weighted by Gasteiger charge is -2.19. The number of para-hydroxylation sites is 1. The van der Waals surface area contributed by atoms with Gasteiger partial charge < -0.3 is 15.0 Å². The predicted octanol–water partition coefficient (Wildman–Crippen LogP) is 3.92. The second-order valence-electron chi connectivity index (χ2n) is 7.78. The van der Waals surface area contributed by atoms with Gasteiger partial charge in [-0.2, -0.15) is 0 Å². The quantitative estimate of drug-likeness (QED) is 0.338. The van der Waals surface area contributed by atoms with Gasteiger partial charge in [-0.25, -0.2) is 0 Å². The summed E-state index contributed by atoms with van der Waals surface area (Å²) in [5, 5.41) is 14.6. The second-order valence-corrected chi connectivity index (χ2v) is 9.67. The van der Waals surface area contributed by atoms with Crippen LogP contribution in [0.5, 0.6) is 0 Å². The molecule has 0 spiro atoms. The van der Waals surface area contributed by atoms with Gasteiger partial charge in [0.05, 0.1) is 23.3 Å². The summed E-state index contributed by atoms with van der Waals surface area (Å²) in [6.07, 6.45) is 3.20. The molecule has 1 atom stereocenters. The fourth-order valence-electron chi connectivity index (χ4n) is 3.68. The summed E-state index contributed by atoms with van der Waals surface area (Å²) in [6.45, 7) is 3.07. The predicted molar refractivity (Wildman–Crippen MR) is 130 cm³/mol. The van der Waals surface area contributed by atoms with Crippen molar-refractivity contribution in [1.82, 2.24) is 20.1 Å². The summed E-state index contributed by atoms with van der Waals surface area (Å²) < 4.78 is 7.94. The number of nitrogens with zero attached hydrogens (tertiary/aromatic N) is 4. The first-order valence-corrected chi connectivity index (χ1v) is 12.8. The molecule has 170 valence electrons. The Morgan fingerprint density at radius 3 is 2.91 bits per heavy atom. The number of thiophene rings is 1. The fourth-order valence-corrected chi connectivity index (χ4v) is 5.17. The molecule has 1 aliphatic heterocycles. The first kappa shape index (κ1) is 22.8. The molecule has 0 aliphatic carbocycles. The average Bonchev–Trinajstić information content (AvgIpc) is 3.58. The molecule has 1 aromatic carbocycles. The van der Waals surface area contributed by atoms with Crippen molar-refractivity contribution in [2.24, 2.45) is 0 Å². The molecule has 3 heterocycles. The van der Waals surface area contributed by atoms with Crippen molar-refractivity contribution >= 4 is 34.7 Å². The van der Waals surface area contributed by atoms with Crippen molar-refractivity contribution in [3.05, 3.63) is 47.8 Å². The van der Waals surface area contributed by atoms with Crippen LogP contribution in [0, 0.1) is 0 Å². The molecule has 32 heavy (non-hydrogen) atoms. The number of rotatable bonds is 11. The van der Waals surface area contributed by atoms with Crippen molar-refractivity contribution in [3.8, 4) is 10.7 Å². The first-order valence-electron chi connectivity index (χ1n) is 10.9. The fraction of sp³-hybridized carbons (Fsp3) is 0.435. The standard InChI is InChI=1S/C23H29N5O2S2/c1-27(18-8-3-2-4-9-18)13-7-12-24-21(29)17-32-23-26-25-22(20-11-6-15-31-20)28(23)16-19-10-5-14-30-19/h2-4,6,8-9,11,15,19H,5,7,10,12-14,16-17H2,1H3,(H,24,29)/t19-/m1/s1. The number of carbonyl (C=O) groups is 1. The first-order chi connectivity index (χ1) is 15.7. The number of amides is 1. The third-order valence-corrected chi connectivity index (χ3v) is 7.22. The number of hydrogen-bond donors (Lipinski definition) is 1. The lowest BCUT2D eigenvalue weighted by molar-refractivity contribution is -0.118. The van der Waals surface area contributed by atoms with Gasteiger partial charge in [-0.3, -0.25) is 9.36 Å². The Balaban J connectivity index is 1.27. The van der Waals surface area contributed by atoms with Crippen molar-refractivity contribution in [1.29, 1.82) is 0 Å². The Labute approximate surface area is 197 Å². The highest BCUT2D eigenvalue weighted by Crippen LogP contribution is 2.29. The van der Waals surface area contributed by atoms with E-state index in [2.05, 4.69) is 44.2 Å². The van der Waals surface area contributed by atoms with Gasteiger partial charge in [0.2, 0.25) is 5.91 Å². The van der Waals surface area contributed by atoms with Crippen LogP contribution in [0.15, 0.2) is 53.0 Å². The van der Waals surface area contributed by atoms with Gasteiger partial charge >= 0.3 is 0 Å². The Kier molecular flexibility index (Phi) is 8.19. The summed E-state index contributed by atoms with van der Waals surface area (Å²) in [4.78, 5) is 15.7. The number of benzene rings is 1. The Morgan fingerprint density at radius 2 is 2.16 bits per heavy atom. The molecule has 1 aliphatic rings. The van der Waals surface area contributed by atoms with Gasteiger partial charge in [0.25, 0.3) is 0 Å². The van der Waals surface area contributed by atoms with Crippen LogP contribution in [-0.2, 0) is 16.1 Å². The number of aromatic nitrogens is 3. The van der Waals surface area contributed by atoms with E-state index in [1.165, 1.54) is 17.4 Å². The van der Waals surface area contributed by atoms with Crippen molar-refractivity contribution < 1.29 is 9.53 Å². The maximum atomic E-state index is 12.4. The van der Waals surface area contributed by atoms with Gasteiger partial charge in [-0.15, -0.1) is 21.5 Å². The highest BCUT2D eigenvalue weighted by molar-refractivity contribution is 7.99. The minimum atomic E-state index is 0.0155. The van der Waals surface area contributed by atoms with E-state index in [0.717, 1.165) is 54.8 Å². The molecule has 1 amide bonds. The second kappa shape index (κ2) is 11.5. The van der Waals surface area contributed by atoms with E-state index in [1.54, 1.807) is 11.3 Å². The summed E-state index contributed by atoms with van der Waals surface area (Å²) in [7, 11) is 2.07. The van der Waals surface area contributed by atoms with Gasteiger partial charge in [0.15, 0.2) is 11.0 Å². The largest absolute Gasteiger partial charge is 0.376 e. The Bertz CT molecular complexity index is 972. The molecule has 0 unspecified atom stereocenters. The number of carbonyl (C=O) groups excluding carboxylic acids is 1. The third-order valence-electron chi connectivity index (χ3n) is 5.39. The highest BCUT2D eigenvalue weighted by Gasteiger charge is 2.22. The molecule has 0 bridgehead atoms. The maximum Gasteiger partial charge on any atom is 0.230 e. The zero-order chi connectivity index (χ0) is 22.2. The Hall–Kier alpha value is -2.36. The summed E-state index contributed by atoms with van der Waals surface area (Å²) in [5.74, 6) is 1.19. The van der Waals surface area contributed by atoms with Crippen LogP contribution >= 0.6 is 23.1 Å². The average molecular weight is 472 g/mol. The Morgan fingerprint density at radius 1 is 1.28 bits per heavy atom. The lowest BCUT2D eigenvalue weighted by Crippen LogP contribution is -2.29. The normalized spacial score (nSPS) is 15.7. The molecule has 1 N–H and O–H groups in total. The van der Waals surface area contributed by atoms with Crippen LogP contribution in [0.4, 0.5) is 5.69 Å². The monoisotopic (exact) mass is 471 g/mol. The van der Waals surface area contributed by atoms with Crippen molar-refractivity contribution in [2.75, 3.05) is 37.4 Å². The molecule has 9 heteroatoms. The van der Waals surface area contributed by atoms with Gasteiger partial charge in [-0.05, 0) is 42.8 Å². The molecule has 2 aromatic heterocycles. The highest BCUT2D eigenvalue weighted by atomic mass is 32.2. The van der Waals surface area contributed by atoms with E-state index in [4.69, 9.17) is 4.74 Å². The minimum absolute atomic E-state index is 0.0155. The molecular weight excluding hydrogens is 442 g/mol. The molecule has 1 saturated heterocycles. The number of ether oxygens (including phenoxy) is 1. The maximum absolute atomic E-state index is 12.4. The molecule has 4 rings (SSSR count). The van der Waals surface area contributed by atoms with E-state index in [9.17, 15) is 4.79 Å². The molecular formula is C23H29N5O2S2. The van der Waals surface area contributed by atoms with E-state index >= 15 is 0 Å². The summed E-state index contributed by atoms with van der Waals surface area (Å²) in [6, 6.07) is 14.3. The van der Waals surface area contributed by atoms with Crippen molar-refractivity contribution in [2.45, 2.75) is 37.1 Å². The van der Waals surface area contributed by atoms with E-state index in [-0.39, 0.29) is 12.0 Å². The minimum Gasteiger partial charge on any atom is -0.376 e. The molecule has 1 fully saturated rings. The topological polar surface area (TPSA) is 72.3 Å². The molecule has 0 radical (unpaired) electrons. The molecule has 7 nitrogen and oxygen atoms in total. The van der Waals surface area contributed by atoms with Crippen LogP contribution in [0.25, 0.3) is 10.7 Å². The number of anilines is 1. The van der Waals surface area contributed by atoms with E-state index < -0.39 is 0 Å². The van der Waals surface area contributed by atoms with Crippen LogP contribution < -0.4 is 10.2 Å². The van der Waals surface area contributed by atoms with Gasteiger partial charge in [0.1, 0.15) is 0 Å². The SMILES string of the molecule is CN(CCCNC(=O)CSc1nnc(-c2cccs2)n1C[C@H]1CCCO1)c1ccccc1. The van der Waals surface area contributed by atoms with Crippen molar-refractivity contribution in [3.63, 3.8) is 0 Å². The molecule has 3 aromatic rings. The van der Waals surface area contributed by atoms with Gasteiger partial charge in [0, 0.05) is 32.4 Å². The number of thioether (sulfide) groups is 1. The van der Waals surface area contributed by atoms with Gasteiger partial charge in [-0.1, -0.05) is 36.0 Å². The molecule has 0 saturated carbocycles. The lowest BCUT2D eigenvalue weighted by atomic mass is 10.2. The van der Waals surface area contributed by atoms with E-state index in [1.807, 2.05) is 35.7 Å². The van der Waals surface area contributed by atoms with Crippen LogP contribution in [0.3, 0.4) is 0 Å². The summed E-state index contributed by atoms with van der Waals surface area (Å²) in [5.41, 5.74) is 1.18. The van der Waals surface area contributed by atoms with E-state index in [0.29, 0.717) is 12.3 Å². The number of nitrogens with one attached hydrogen (secondary N) is 1. The smallest absolute Gasteiger partial charge is 0.230 e. The zero-order valence-corrected chi connectivity index (χ0v) is 19.9. The van der Waals surface area contributed by atoms with Crippen LogP contribution in [0.1, 0.15) is 19.3 Å². The third kappa shape index (κ3) is 6.11. The number of hydrogen-bond acceptors (Lipinski definition) is 7.